The summed E-state index contributed by atoms with van der Waals surface area (Å²) in [4.78, 5) is 8.77. The minimum atomic E-state index is 0.0446. The van der Waals surface area contributed by atoms with Crippen molar-refractivity contribution in [3.05, 3.63) is 72.1 Å². The largest absolute Gasteiger partial charge is 0.409 e. The van der Waals surface area contributed by atoms with Crippen molar-refractivity contribution in [3.63, 3.8) is 0 Å². The second-order valence-electron chi connectivity index (χ2n) is 5.42. The molecule has 0 aliphatic carbocycles. The van der Waals surface area contributed by atoms with Crippen molar-refractivity contribution in [1.82, 2.24) is 9.97 Å². The Morgan fingerprint density at radius 3 is 1.50 bits per heavy atom. The molecule has 0 radical (unpaired) electrons. The fraction of sp³-hybridized carbons (Fsp3) is 0. The molecule has 26 heavy (non-hydrogen) atoms. The molecule has 1 heterocycles. The van der Waals surface area contributed by atoms with Gasteiger partial charge in [0.2, 0.25) is 0 Å². The van der Waals surface area contributed by atoms with Gasteiger partial charge in [-0.25, -0.2) is 9.97 Å². The SMILES string of the molecule is N/C(=N\O)c1ccc(-c2cnc(-c3ccc(/C(N)=N/O)cc3)nc2)cc1. The molecular weight excluding hydrogens is 332 g/mol. The third kappa shape index (κ3) is 3.44. The number of aromatic nitrogens is 2. The Bertz CT molecular complexity index is 868. The average molecular weight is 348 g/mol. The number of nitrogens with two attached hydrogens (primary N) is 2. The number of benzene rings is 2. The lowest BCUT2D eigenvalue weighted by atomic mass is 10.1. The van der Waals surface area contributed by atoms with E-state index in [0.717, 1.165) is 16.7 Å². The lowest BCUT2D eigenvalue weighted by Crippen LogP contribution is -2.12. The molecule has 0 fully saturated rings. The van der Waals surface area contributed by atoms with Gasteiger partial charge in [-0.2, -0.15) is 0 Å². The van der Waals surface area contributed by atoms with Gasteiger partial charge in [-0.3, -0.25) is 0 Å². The van der Waals surface area contributed by atoms with Crippen LogP contribution >= 0.6 is 0 Å². The Balaban J connectivity index is 1.82. The first-order chi connectivity index (χ1) is 12.6. The van der Waals surface area contributed by atoms with Crippen molar-refractivity contribution >= 4 is 11.7 Å². The Kier molecular flexibility index (Phi) is 4.75. The highest BCUT2D eigenvalue weighted by Crippen LogP contribution is 2.21. The summed E-state index contributed by atoms with van der Waals surface area (Å²) in [5.74, 6) is 0.662. The topological polar surface area (TPSA) is 143 Å². The normalized spacial score (nSPS) is 12.2. The van der Waals surface area contributed by atoms with E-state index < -0.39 is 0 Å². The number of amidine groups is 2. The van der Waals surface area contributed by atoms with Gasteiger partial charge in [0.15, 0.2) is 17.5 Å². The van der Waals surface area contributed by atoms with Crippen molar-refractivity contribution < 1.29 is 10.4 Å². The molecule has 3 aromatic rings. The van der Waals surface area contributed by atoms with Crippen LogP contribution in [-0.2, 0) is 0 Å². The summed E-state index contributed by atoms with van der Waals surface area (Å²) in [5.41, 5.74) is 14.9. The van der Waals surface area contributed by atoms with Gasteiger partial charge in [-0.05, 0) is 5.56 Å². The molecule has 3 rings (SSSR count). The highest BCUT2D eigenvalue weighted by atomic mass is 16.4. The predicted octanol–water partition coefficient (Wildman–Crippen LogP) is 2.00. The lowest BCUT2D eigenvalue weighted by Gasteiger charge is -2.05. The van der Waals surface area contributed by atoms with Crippen LogP contribution in [0.3, 0.4) is 0 Å². The van der Waals surface area contributed by atoms with E-state index in [0.29, 0.717) is 17.0 Å². The van der Waals surface area contributed by atoms with E-state index in [2.05, 4.69) is 20.3 Å². The second kappa shape index (κ2) is 7.31. The molecule has 6 N–H and O–H groups in total. The summed E-state index contributed by atoms with van der Waals surface area (Å²) < 4.78 is 0. The van der Waals surface area contributed by atoms with Crippen LogP contribution in [0.25, 0.3) is 22.5 Å². The van der Waals surface area contributed by atoms with Crippen LogP contribution in [0.4, 0.5) is 0 Å². The zero-order valence-electron chi connectivity index (χ0n) is 13.6. The van der Waals surface area contributed by atoms with Crippen LogP contribution < -0.4 is 11.5 Å². The summed E-state index contributed by atoms with van der Waals surface area (Å²) in [6, 6.07) is 14.3. The molecule has 0 aliphatic rings. The molecule has 0 saturated carbocycles. The van der Waals surface area contributed by atoms with E-state index in [-0.39, 0.29) is 11.7 Å². The van der Waals surface area contributed by atoms with Gasteiger partial charge in [0.05, 0.1) is 0 Å². The van der Waals surface area contributed by atoms with Crippen LogP contribution in [0.5, 0.6) is 0 Å². The van der Waals surface area contributed by atoms with Gasteiger partial charge < -0.3 is 21.9 Å². The van der Waals surface area contributed by atoms with Crippen LogP contribution in [0.15, 0.2) is 71.2 Å². The molecule has 8 nitrogen and oxygen atoms in total. The Hall–Kier alpha value is -3.94. The molecule has 2 aromatic carbocycles. The molecule has 130 valence electrons. The van der Waals surface area contributed by atoms with Gasteiger partial charge in [-0.1, -0.05) is 58.8 Å². The Morgan fingerprint density at radius 2 is 1.08 bits per heavy atom. The van der Waals surface area contributed by atoms with Crippen molar-refractivity contribution in [2.45, 2.75) is 0 Å². The monoisotopic (exact) mass is 348 g/mol. The van der Waals surface area contributed by atoms with Crippen molar-refractivity contribution in [2.24, 2.45) is 21.8 Å². The summed E-state index contributed by atoms with van der Waals surface area (Å²) in [7, 11) is 0. The van der Waals surface area contributed by atoms with E-state index in [1.807, 2.05) is 12.1 Å². The van der Waals surface area contributed by atoms with Gasteiger partial charge in [0.1, 0.15) is 0 Å². The van der Waals surface area contributed by atoms with Crippen LogP contribution in [0, 0.1) is 0 Å². The fourth-order valence-electron chi connectivity index (χ4n) is 2.37. The molecule has 0 atom stereocenters. The predicted molar refractivity (Wildman–Crippen MR) is 97.9 cm³/mol. The zero-order chi connectivity index (χ0) is 18.5. The minimum absolute atomic E-state index is 0.0446. The molecule has 0 aliphatic heterocycles. The fourth-order valence-corrected chi connectivity index (χ4v) is 2.37. The quantitative estimate of drug-likeness (QED) is 0.246. The highest BCUT2D eigenvalue weighted by Gasteiger charge is 2.06. The zero-order valence-corrected chi connectivity index (χ0v) is 13.6. The molecule has 0 amide bonds. The molecule has 1 aromatic heterocycles. The third-order valence-corrected chi connectivity index (χ3v) is 3.82. The molecular formula is C18H16N6O2. The van der Waals surface area contributed by atoms with Crippen LogP contribution in [0.1, 0.15) is 11.1 Å². The third-order valence-electron chi connectivity index (χ3n) is 3.82. The number of rotatable bonds is 4. The summed E-state index contributed by atoms with van der Waals surface area (Å²) in [6.07, 6.45) is 3.44. The molecule has 8 heteroatoms. The van der Waals surface area contributed by atoms with Gasteiger partial charge in [0.25, 0.3) is 0 Å². The molecule has 0 saturated heterocycles. The Morgan fingerprint density at radius 1 is 0.654 bits per heavy atom. The standard InChI is InChI=1S/C18H16N6O2/c19-16(23-25)12-3-1-11(2-4-12)15-9-21-18(22-10-15)14-7-5-13(6-8-14)17(20)24-26/h1-10,25-26H,(H2,19,23)(H2,20,24). The molecule has 0 bridgehead atoms. The number of oxime groups is 2. The maximum atomic E-state index is 8.69. The first-order valence-electron chi connectivity index (χ1n) is 7.61. The Labute approximate surface area is 149 Å². The average Bonchev–Trinajstić information content (AvgIpc) is 2.73. The van der Waals surface area contributed by atoms with E-state index in [1.165, 1.54) is 0 Å². The summed E-state index contributed by atoms with van der Waals surface area (Å²) >= 11 is 0. The van der Waals surface area contributed by atoms with Crippen LogP contribution in [-0.4, -0.2) is 32.1 Å². The number of nitrogens with zero attached hydrogens (tertiary/aromatic N) is 4. The molecule has 0 spiro atoms. The second-order valence-corrected chi connectivity index (χ2v) is 5.42. The summed E-state index contributed by atoms with van der Waals surface area (Å²) in [6.45, 7) is 0. The smallest absolute Gasteiger partial charge is 0.170 e. The van der Waals surface area contributed by atoms with Crippen LogP contribution in [0.2, 0.25) is 0 Å². The highest BCUT2D eigenvalue weighted by molar-refractivity contribution is 5.97. The maximum absolute atomic E-state index is 8.69. The van der Waals surface area contributed by atoms with Gasteiger partial charge in [0, 0.05) is 34.6 Å². The van der Waals surface area contributed by atoms with E-state index >= 15 is 0 Å². The summed E-state index contributed by atoms with van der Waals surface area (Å²) in [5, 5.41) is 23.3. The van der Waals surface area contributed by atoms with Gasteiger partial charge in [-0.15, -0.1) is 0 Å². The number of hydrogen-bond acceptors (Lipinski definition) is 6. The van der Waals surface area contributed by atoms with Crippen molar-refractivity contribution in [3.8, 4) is 22.5 Å². The molecule has 0 unspecified atom stereocenters. The lowest BCUT2D eigenvalue weighted by molar-refractivity contribution is 0.318. The van der Waals surface area contributed by atoms with Crippen molar-refractivity contribution in [1.29, 1.82) is 0 Å². The first-order valence-corrected chi connectivity index (χ1v) is 7.61. The van der Waals surface area contributed by atoms with E-state index in [9.17, 15) is 0 Å². The van der Waals surface area contributed by atoms with Crippen molar-refractivity contribution in [2.75, 3.05) is 0 Å². The first kappa shape index (κ1) is 16.9. The number of hydrogen-bond donors (Lipinski definition) is 4. The van der Waals surface area contributed by atoms with E-state index in [1.54, 1.807) is 48.8 Å². The minimum Gasteiger partial charge on any atom is -0.409 e. The maximum Gasteiger partial charge on any atom is 0.170 e. The van der Waals surface area contributed by atoms with Gasteiger partial charge >= 0.3 is 0 Å². The van der Waals surface area contributed by atoms with E-state index in [4.69, 9.17) is 21.9 Å².